The van der Waals surface area contributed by atoms with Crippen LogP contribution in [0.2, 0.25) is 0 Å². The average molecular weight is 864 g/mol. The lowest BCUT2D eigenvalue weighted by atomic mass is 9.85. The van der Waals surface area contributed by atoms with Gasteiger partial charge in [0.2, 0.25) is 5.91 Å². The van der Waals surface area contributed by atoms with Gasteiger partial charge in [0.05, 0.1) is 14.2 Å². The number of methoxy groups -OCH3 is 2. The Morgan fingerprint density at radius 1 is 0.703 bits per heavy atom. The molecule has 0 radical (unpaired) electrons. The van der Waals surface area contributed by atoms with Gasteiger partial charge in [-0.3, -0.25) is 19.2 Å². The first-order chi connectivity index (χ1) is 31.1. The number of allylic oxidation sites excluding steroid dienone is 2. The number of hydrogen-bond acceptors (Lipinski definition) is 8. The fourth-order valence-electron chi connectivity index (χ4n) is 10.0. The lowest BCUT2D eigenvalue weighted by Crippen LogP contribution is -2.36. The molecule has 0 saturated carbocycles. The minimum Gasteiger partial charge on any atom is -0.508 e. The highest BCUT2D eigenvalue weighted by atomic mass is 16.5. The number of aromatic hydroxyl groups is 1. The van der Waals surface area contributed by atoms with Crippen molar-refractivity contribution in [2.75, 3.05) is 33.9 Å². The van der Waals surface area contributed by atoms with Crippen LogP contribution in [-0.2, 0) is 38.5 Å². The van der Waals surface area contributed by atoms with Gasteiger partial charge in [-0.2, -0.15) is 0 Å². The highest BCUT2D eigenvalue weighted by Gasteiger charge is 2.27. The van der Waals surface area contributed by atoms with Gasteiger partial charge in [-0.15, -0.1) is 13.2 Å². The second-order valence-electron chi connectivity index (χ2n) is 17.2. The molecule has 4 aromatic carbocycles. The van der Waals surface area contributed by atoms with E-state index in [2.05, 4.69) is 41.0 Å². The van der Waals surface area contributed by atoms with Crippen molar-refractivity contribution in [3.63, 3.8) is 0 Å². The number of piperidine rings is 1. The Hall–Kier alpha value is -6.26. The van der Waals surface area contributed by atoms with Gasteiger partial charge in [-0.1, -0.05) is 36.4 Å². The number of carbonyl (C=O) groups excluding carboxylic acids is 4. The molecule has 4 aliphatic rings. The summed E-state index contributed by atoms with van der Waals surface area (Å²) < 4.78 is 13.2. The van der Waals surface area contributed by atoms with E-state index in [1.807, 2.05) is 42.5 Å². The number of rotatable bonds is 11. The zero-order chi connectivity index (χ0) is 45.3. The summed E-state index contributed by atoms with van der Waals surface area (Å²) in [6.45, 7) is 10.3. The van der Waals surface area contributed by atoms with Gasteiger partial charge in [0.25, 0.3) is 0 Å². The summed E-state index contributed by atoms with van der Waals surface area (Å²) in [6, 6.07) is 19.8. The zero-order valence-electron chi connectivity index (χ0n) is 37.4. The summed E-state index contributed by atoms with van der Waals surface area (Å²) in [5.74, 6) is 2.12. The molecule has 9 rings (SSSR count). The predicted molar refractivity (Wildman–Crippen MR) is 253 cm³/mol. The number of phenolic OH excluding ortho intramolecular Hbond substituents is 1. The molecular weight excluding hydrogens is 803 g/mol. The van der Waals surface area contributed by atoms with E-state index in [4.69, 9.17) is 15.2 Å². The molecule has 0 bridgehead atoms. The SMILES string of the molecule is C=CCc1c(O)ccc2c1C(=O)CCC2.C=CCc1c(OC)ccc2c1C(=O)CCC2.COc1ccc2c(c1CCN1CCC(n3ccc4ccc(C(N)=O)cc43)CC1)C(=O)CCC2. The van der Waals surface area contributed by atoms with Gasteiger partial charge >= 0.3 is 0 Å². The van der Waals surface area contributed by atoms with Gasteiger partial charge in [0.1, 0.15) is 17.2 Å². The number of nitrogens with two attached hydrogens (primary N) is 1. The lowest BCUT2D eigenvalue weighted by molar-refractivity contribution is 0.0962. The molecule has 5 aromatic rings. The van der Waals surface area contributed by atoms with Crippen molar-refractivity contribution in [3.05, 3.63) is 148 Å². The summed E-state index contributed by atoms with van der Waals surface area (Å²) in [5.41, 5.74) is 15.9. The fraction of sp³-hybridized carbons (Fsp3) is 0.370. The molecule has 64 heavy (non-hydrogen) atoms. The number of hydrogen-bond donors (Lipinski definition) is 2. The molecule has 2 heterocycles. The highest BCUT2D eigenvalue weighted by molar-refractivity contribution is 6.02. The van der Waals surface area contributed by atoms with E-state index in [0.29, 0.717) is 43.7 Å². The number of ether oxygens (including phenoxy) is 2. The first-order valence-electron chi connectivity index (χ1n) is 22.7. The minimum atomic E-state index is -0.392. The van der Waals surface area contributed by atoms with Crippen LogP contribution in [0, 0.1) is 0 Å². The van der Waals surface area contributed by atoms with Crippen molar-refractivity contribution >= 4 is 34.2 Å². The van der Waals surface area contributed by atoms with Gasteiger partial charge in [0.15, 0.2) is 17.3 Å². The summed E-state index contributed by atoms with van der Waals surface area (Å²) in [4.78, 5) is 50.5. The first-order valence-corrected chi connectivity index (χ1v) is 22.7. The second kappa shape index (κ2) is 20.9. The van der Waals surface area contributed by atoms with E-state index in [-0.39, 0.29) is 23.1 Å². The van der Waals surface area contributed by atoms with E-state index < -0.39 is 5.91 Å². The number of amides is 1. The van der Waals surface area contributed by atoms with Crippen molar-refractivity contribution in [2.24, 2.45) is 5.73 Å². The molecule has 3 N–H and O–H groups in total. The van der Waals surface area contributed by atoms with Crippen LogP contribution in [-0.4, -0.2) is 71.7 Å². The Bertz CT molecular complexity index is 2580. The number of benzene rings is 4. The topological polar surface area (TPSA) is 141 Å². The highest BCUT2D eigenvalue weighted by Crippen LogP contribution is 2.35. The number of nitrogens with zero attached hydrogens (tertiary/aromatic N) is 2. The lowest BCUT2D eigenvalue weighted by Gasteiger charge is -2.33. The molecule has 3 aliphatic carbocycles. The maximum absolute atomic E-state index is 12.7. The van der Waals surface area contributed by atoms with Crippen LogP contribution < -0.4 is 15.2 Å². The smallest absolute Gasteiger partial charge is 0.248 e. The second-order valence-corrected chi connectivity index (χ2v) is 17.2. The van der Waals surface area contributed by atoms with Crippen molar-refractivity contribution < 1.29 is 33.8 Å². The van der Waals surface area contributed by atoms with E-state index >= 15 is 0 Å². The summed E-state index contributed by atoms with van der Waals surface area (Å²) >= 11 is 0. The quantitative estimate of drug-likeness (QED) is 0.125. The number of primary amides is 1. The van der Waals surface area contributed by atoms with Crippen LogP contribution in [0.4, 0.5) is 0 Å². The zero-order valence-corrected chi connectivity index (χ0v) is 37.4. The van der Waals surface area contributed by atoms with Gasteiger partial charge < -0.3 is 29.8 Å². The van der Waals surface area contributed by atoms with Crippen LogP contribution >= 0.6 is 0 Å². The number of Topliss-reactive ketones (excluding diaryl/α,β-unsaturated/α-hetero) is 3. The van der Waals surface area contributed by atoms with Gasteiger partial charge in [-0.05, 0) is 129 Å². The number of aryl methyl sites for hydroxylation is 3. The number of ketones is 3. The summed E-state index contributed by atoms with van der Waals surface area (Å²) in [6.07, 6.45) is 17.5. The van der Waals surface area contributed by atoms with Gasteiger partial charge in [0, 0.05) is 95.6 Å². The van der Waals surface area contributed by atoms with E-state index in [1.165, 1.54) is 5.56 Å². The molecule has 0 spiro atoms. The van der Waals surface area contributed by atoms with Crippen molar-refractivity contribution in [1.29, 1.82) is 0 Å². The predicted octanol–water partition coefficient (Wildman–Crippen LogP) is 9.73. The molecule has 0 atom stereocenters. The third kappa shape index (κ3) is 9.92. The van der Waals surface area contributed by atoms with Gasteiger partial charge in [-0.25, -0.2) is 0 Å². The number of likely N-dealkylation sites (tertiary alicyclic amines) is 1. The molecule has 1 amide bonds. The maximum Gasteiger partial charge on any atom is 0.248 e. The molecule has 1 aromatic heterocycles. The van der Waals surface area contributed by atoms with E-state index in [9.17, 15) is 24.3 Å². The molecule has 1 fully saturated rings. The molecule has 10 heteroatoms. The normalized spacial score (nSPS) is 16.0. The van der Waals surface area contributed by atoms with Crippen LogP contribution in [0.5, 0.6) is 17.2 Å². The standard InChI is InChI=1S/C27H31N3O3.C14H16O2.C13H14O2/c1-33-25-8-7-19-3-2-4-24(31)26(19)22(25)12-15-29-13-10-21(11-14-29)30-16-9-18-5-6-20(27(28)32)17-23(18)30;1-3-5-11-13(16-2)9-8-10-6-4-7-12(15)14(10)11;1-2-4-10-11(14)8-7-9-5-3-6-12(15)13(9)10/h5-9,16-17,21H,2-4,10-15H2,1H3,(H2,28,32);3,8-9H,1,4-7H2,2H3;2,7-8,14H,1,3-6H2. The first kappa shape index (κ1) is 45.8. The molecule has 1 aliphatic heterocycles. The largest absolute Gasteiger partial charge is 0.508 e. The van der Waals surface area contributed by atoms with Crippen molar-refractivity contribution in [1.82, 2.24) is 9.47 Å². The molecular formula is C54H61N3O7. The molecule has 10 nitrogen and oxygen atoms in total. The Kier molecular flexibility index (Phi) is 15.0. The van der Waals surface area contributed by atoms with Crippen molar-refractivity contribution in [3.8, 4) is 17.2 Å². The van der Waals surface area contributed by atoms with Crippen molar-refractivity contribution in [2.45, 2.75) is 95.9 Å². The van der Waals surface area contributed by atoms with Crippen LogP contribution in [0.15, 0.2) is 92.2 Å². The molecule has 1 saturated heterocycles. The fourth-order valence-corrected chi connectivity index (χ4v) is 10.0. The Morgan fingerprint density at radius 3 is 1.77 bits per heavy atom. The van der Waals surface area contributed by atoms with E-state index in [1.54, 1.807) is 32.4 Å². The molecule has 334 valence electrons. The average Bonchev–Trinajstić information content (AvgIpc) is 3.74. The summed E-state index contributed by atoms with van der Waals surface area (Å²) in [5, 5.41) is 10.8. The Balaban J connectivity index is 0.000000164. The number of phenols is 1. The maximum atomic E-state index is 12.7. The van der Waals surface area contributed by atoms with Crippen LogP contribution in [0.25, 0.3) is 10.9 Å². The minimum absolute atomic E-state index is 0.156. The number of fused-ring (bicyclic) bond motifs is 4. The monoisotopic (exact) mass is 863 g/mol. The third-order valence-corrected chi connectivity index (χ3v) is 13.2. The number of carbonyl (C=O) groups is 4. The molecule has 0 unspecified atom stereocenters. The number of aromatic nitrogens is 1. The van der Waals surface area contributed by atoms with Crippen LogP contribution in [0.1, 0.15) is 132 Å². The van der Waals surface area contributed by atoms with Crippen LogP contribution in [0.3, 0.4) is 0 Å². The Labute approximate surface area is 376 Å². The third-order valence-electron chi connectivity index (χ3n) is 13.2. The Morgan fingerprint density at radius 2 is 1.22 bits per heavy atom. The van der Waals surface area contributed by atoms with E-state index in [0.717, 1.165) is 144 Å². The summed E-state index contributed by atoms with van der Waals surface area (Å²) in [7, 11) is 3.33.